The van der Waals surface area contributed by atoms with Crippen LogP contribution in [-0.2, 0) is 11.3 Å². The fourth-order valence-corrected chi connectivity index (χ4v) is 8.87. The quantitative estimate of drug-likeness (QED) is 0.746. The number of Topliss-reactive ketones (excluding diaryl/α,β-unsaturated/α-hetero) is 1. The normalized spacial score (nSPS) is 48.8. The third-order valence-electron chi connectivity index (χ3n) is 9.96. The largest absolute Gasteiger partial charge is 0.390 e. The van der Waals surface area contributed by atoms with Gasteiger partial charge in [-0.05, 0) is 99.4 Å². The highest BCUT2D eigenvalue weighted by Crippen LogP contribution is 2.71. The van der Waals surface area contributed by atoms with Crippen LogP contribution < -0.4 is 0 Å². The van der Waals surface area contributed by atoms with Crippen molar-refractivity contribution in [2.24, 2.45) is 46.8 Å². The lowest BCUT2D eigenvalue weighted by Gasteiger charge is -2.57. The predicted octanol–water partition coefficient (Wildman–Crippen LogP) is 4.56. The molecular formula is C26H36N2O2. The van der Waals surface area contributed by atoms with Crippen molar-refractivity contribution in [3.05, 3.63) is 29.6 Å². The Morgan fingerprint density at radius 3 is 2.73 bits per heavy atom. The number of ketones is 1. The lowest BCUT2D eigenvalue weighted by molar-refractivity contribution is -0.133. The first-order valence-electron chi connectivity index (χ1n) is 12.2. The fourth-order valence-electron chi connectivity index (χ4n) is 8.87. The molecule has 0 bridgehead atoms. The molecule has 0 saturated heterocycles. The molecule has 0 radical (unpaired) electrons. The van der Waals surface area contributed by atoms with E-state index >= 15 is 0 Å². The third-order valence-corrected chi connectivity index (χ3v) is 9.96. The van der Waals surface area contributed by atoms with Gasteiger partial charge in [0.15, 0.2) is 5.78 Å². The smallest absolute Gasteiger partial charge is 0.161 e. The van der Waals surface area contributed by atoms with Gasteiger partial charge >= 0.3 is 0 Å². The number of aryl methyl sites for hydroxylation is 1. The number of rotatable bonds is 3. The Kier molecular flexibility index (Phi) is 4.05. The summed E-state index contributed by atoms with van der Waals surface area (Å²) < 4.78 is 1.83. The maximum Gasteiger partial charge on any atom is 0.161 e. The molecule has 0 unspecified atom stereocenters. The monoisotopic (exact) mass is 408 g/mol. The average molecular weight is 409 g/mol. The summed E-state index contributed by atoms with van der Waals surface area (Å²) in [6.07, 6.45) is 14.5. The third kappa shape index (κ3) is 2.75. The predicted molar refractivity (Wildman–Crippen MR) is 116 cm³/mol. The zero-order valence-electron chi connectivity index (χ0n) is 18.7. The molecule has 4 fully saturated rings. The summed E-state index contributed by atoms with van der Waals surface area (Å²) in [5.41, 5.74) is 2.27. The molecule has 0 spiro atoms. The van der Waals surface area contributed by atoms with Crippen molar-refractivity contribution < 1.29 is 9.90 Å². The van der Waals surface area contributed by atoms with Crippen LogP contribution in [0.2, 0.25) is 0 Å². The Labute approximate surface area is 180 Å². The Morgan fingerprint density at radius 1 is 1.17 bits per heavy atom. The summed E-state index contributed by atoms with van der Waals surface area (Å²) in [6, 6.07) is 0. The van der Waals surface area contributed by atoms with Crippen molar-refractivity contribution in [2.75, 3.05) is 0 Å². The number of carbonyl (C=O) groups is 1. The Balaban J connectivity index is 1.24. The molecule has 5 aliphatic rings. The molecule has 1 aromatic rings. The van der Waals surface area contributed by atoms with Crippen LogP contribution in [0.25, 0.3) is 0 Å². The van der Waals surface area contributed by atoms with Gasteiger partial charge in [-0.1, -0.05) is 18.6 Å². The molecule has 0 aliphatic heterocycles. The lowest BCUT2D eigenvalue weighted by Crippen LogP contribution is -2.52. The summed E-state index contributed by atoms with van der Waals surface area (Å²) >= 11 is 0. The van der Waals surface area contributed by atoms with E-state index in [1.807, 2.05) is 30.9 Å². The summed E-state index contributed by atoms with van der Waals surface area (Å²) in [6.45, 7) is 6.93. The summed E-state index contributed by atoms with van der Waals surface area (Å²) in [4.78, 5) is 13.5. The van der Waals surface area contributed by atoms with E-state index in [1.54, 1.807) is 0 Å². The van der Waals surface area contributed by atoms with Gasteiger partial charge in [-0.2, -0.15) is 5.10 Å². The number of carbonyl (C=O) groups excluding carboxylic acids is 1. The van der Waals surface area contributed by atoms with Gasteiger partial charge in [0.2, 0.25) is 0 Å². The van der Waals surface area contributed by atoms with Gasteiger partial charge in [-0.25, -0.2) is 0 Å². The van der Waals surface area contributed by atoms with E-state index in [0.717, 1.165) is 36.2 Å². The van der Waals surface area contributed by atoms with Gasteiger partial charge in [0.05, 0.1) is 11.8 Å². The number of aliphatic hydroxyl groups is 1. The van der Waals surface area contributed by atoms with Crippen LogP contribution >= 0.6 is 0 Å². The highest BCUT2D eigenvalue weighted by atomic mass is 16.3. The minimum atomic E-state index is -0.446. The number of hydrogen-bond donors (Lipinski definition) is 1. The number of hydrogen-bond acceptors (Lipinski definition) is 3. The highest BCUT2D eigenvalue weighted by Gasteiger charge is 2.66. The molecule has 5 aliphatic carbocycles. The summed E-state index contributed by atoms with van der Waals surface area (Å²) in [5.74, 6) is 4.86. The zero-order valence-corrected chi connectivity index (χ0v) is 18.7. The van der Waals surface area contributed by atoms with E-state index in [9.17, 15) is 9.90 Å². The zero-order chi connectivity index (χ0) is 20.8. The van der Waals surface area contributed by atoms with Crippen LogP contribution in [0.1, 0.15) is 64.4 Å². The van der Waals surface area contributed by atoms with Crippen molar-refractivity contribution in [1.82, 2.24) is 9.78 Å². The first-order valence-corrected chi connectivity index (χ1v) is 12.2. The van der Waals surface area contributed by atoms with Crippen LogP contribution in [0.15, 0.2) is 24.0 Å². The second-order valence-electron chi connectivity index (χ2n) is 11.9. The van der Waals surface area contributed by atoms with Crippen LogP contribution in [0.4, 0.5) is 0 Å². The fraction of sp³-hybridized carbons (Fsp3) is 0.769. The molecule has 9 atom stereocenters. The van der Waals surface area contributed by atoms with Crippen molar-refractivity contribution in [3.63, 3.8) is 0 Å². The van der Waals surface area contributed by atoms with E-state index < -0.39 is 5.60 Å². The number of fused-ring (bicyclic) bond motifs is 7. The van der Waals surface area contributed by atoms with Gasteiger partial charge in [0.25, 0.3) is 0 Å². The minimum absolute atomic E-state index is 0.114. The molecule has 0 aromatic carbocycles. The summed E-state index contributed by atoms with van der Waals surface area (Å²) in [7, 11) is 0. The van der Waals surface area contributed by atoms with Crippen LogP contribution in [0.3, 0.4) is 0 Å². The molecule has 6 rings (SSSR count). The maximum absolute atomic E-state index is 13.5. The van der Waals surface area contributed by atoms with Gasteiger partial charge in [0.1, 0.15) is 6.54 Å². The second kappa shape index (κ2) is 6.31. The van der Waals surface area contributed by atoms with Crippen molar-refractivity contribution >= 4 is 5.78 Å². The first-order chi connectivity index (χ1) is 14.3. The molecule has 162 valence electrons. The molecule has 0 amide bonds. The molecule has 1 heterocycles. The molecule has 4 saturated carbocycles. The van der Waals surface area contributed by atoms with Crippen LogP contribution in [-0.4, -0.2) is 26.3 Å². The van der Waals surface area contributed by atoms with Gasteiger partial charge in [-0.3, -0.25) is 9.48 Å². The molecular weight excluding hydrogens is 372 g/mol. The van der Waals surface area contributed by atoms with E-state index in [2.05, 4.69) is 18.1 Å². The van der Waals surface area contributed by atoms with Gasteiger partial charge in [0, 0.05) is 18.0 Å². The van der Waals surface area contributed by atoms with Crippen molar-refractivity contribution in [2.45, 2.75) is 77.9 Å². The molecule has 4 heteroatoms. The average Bonchev–Trinajstić information content (AvgIpc) is 3.23. The van der Waals surface area contributed by atoms with Crippen molar-refractivity contribution in [3.8, 4) is 0 Å². The Bertz CT molecular complexity index is 914. The van der Waals surface area contributed by atoms with Crippen LogP contribution in [0, 0.1) is 53.8 Å². The SMILES string of the molecule is Cc1cnn(CC(=O)[C@H]2C3=C[C@H]3[C@H]3[C@@H]4CC[C@@H]5C[C@](C)(O)CC[C@@H]5[C@H]4CC[C@]23C)c1. The van der Waals surface area contributed by atoms with Gasteiger partial charge < -0.3 is 5.11 Å². The molecule has 4 nitrogen and oxygen atoms in total. The maximum atomic E-state index is 13.5. The van der Waals surface area contributed by atoms with Crippen LogP contribution in [0.5, 0.6) is 0 Å². The molecule has 1 N–H and O–H groups in total. The Morgan fingerprint density at radius 2 is 1.97 bits per heavy atom. The van der Waals surface area contributed by atoms with E-state index in [-0.39, 0.29) is 11.3 Å². The molecule has 1 aromatic heterocycles. The standard InChI is InChI=1S/C26H36N2O2/c1-15-12-27-28(13-15)14-22(29)24-21-10-20(21)23-19-5-4-16-11-25(2,30)8-6-17(16)18(19)7-9-26(23,24)3/h10,12-13,16-20,23-24,30H,4-9,11,14H2,1-3H3/t16-,17+,18-,19-,20-,23-,24-,25-,26+/m1/s1. The lowest BCUT2D eigenvalue weighted by atomic mass is 9.48. The van der Waals surface area contributed by atoms with E-state index in [4.69, 9.17) is 0 Å². The first kappa shape index (κ1) is 19.3. The Hall–Kier alpha value is -1.42. The van der Waals surface area contributed by atoms with E-state index in [0.29, 0.717) is 30.1 Å². The van der Waals surface area contributed by atoms with Crippen molar-refractivity contribution in [1.29, 1.82) is 0 Å². The summed E-state index contributed by atoms with van der Waals surface area (Å²) in [5, 5.41) is 15.0. The second-order valence-corrected chi connectivity index (χ2v) is 11.9. The van der Waals surface area contributed by atoms with E-state index in [1.165, 1.54) is 37.7 Å². The minimum Gasteiger partial charge on any atom is -0.390 e. The number of aromatic nitrogens is 2. The number of nitrogens with zero attached hydrogens (tertiary/aromatic N) is 2. The molecule has 30 heavy (non-hydrogen) atoms. The van der Waals surface area contributed by atoms with Gasteiger partial charge in [-0.15, -0.1) is 0 Å². The highest BCUT2D eigenvalue weighted by molar-refractivity contribution is 5.87. The topological polar surface area (TPSA) is 55.1 Å². The number of allylic oxidation sites excluding steroid dienone is 2.